The number of benzene rings is 1. The standard InChI is InChI=1S/C29H46N4O7SSi/c1-22(21-37-15-14-36-16-17-39-41(5,34)35)32-20-23(19-30-32)28-25-18-24(40-42(6,7)29(2,3)4)11-12-26(25)33(31-28)27-10-8-9-13-38-27/h11-12,18-20,22,27H,8-10,13-17,21H2,1-7H3/t22-,27?/m1/s1. The van der Waals surface area contributed by atoms with Crippen LogP contribution in [-0.2, 0) is 28.5 Å². The number of fused-ring (bicyclic) bond motifs is 1. The van der Waals surface area contributed by atoms with E-state index in [4.69, 9.17) is 23.7 Å². The molecular weight excluding hydrogens is 576 g/mol. The minimum Gasteiger partial charge on any atom is -0.543 e. The van der Waals surface area contributed by atoms with Crippen LogP contribution < -0.4 is 4.43 Å². The third kappa shape index (κ3) is 8.41. The van der Waals surface area contributed by atoms with E-state index in [9.17, 15) is 8.42 Å². The lowest BCUT2D eigenvalue weighted by molar-refractivity contribution is -0.0365. The highest BCUT2D eigenvalue weighted by atomic mass is 32.2. The van der Waals surface area contributed by atoms with Crippen molar-refractivity contribution in [3.8, 4) is 17.0 Å². The van der Waals surface area contributed by atoms with Crippen LogP contribution in [0.5, 0.6) is 5.75 Å². The van der Waals surface area contributed by atoms with Gasteiger partial charge in [-0.2, -0.15) is 18.6 Å². The van der Waals surface area contributed by atoms with Gasteiger partial charge in [0.2, 0.25) is 8.32 Å². The lowest BCUT2D eigenvalue weighted by Gasteiger charge is -2.36. The number of hydrogen-bond donors (Lipinski definition) is 0. The molecule has 1 unspecified atom stereocenters. The Morgan fingerprint density at radius 2 is 1.86 bits per heavy atom. The number of hydrogen-bond acceptors (Lipinski definition) is 9. The average molecular weight is 623 g/mol. The van der Waals surface area contributed by atoms with Gasteiger partial charge in [0.25, 0.3) is 10.1 Å². The van der Waals surface area contributed by atoms with Gasteiger partial charge >= 0.3 is 0 Å². The summed E-state index contributed by atoms with van der Waals surface area (Å²) in [5.74, 6) is 0.860. The van der Waals surface area contributed by atoms with E-state index in [1.54, 1.807) is 0 Å². The molecule has 1 aromatic carbocycles. The zero-order chi connectivity index (χ0) is 30.5. The van der Waals surface area contributed by atoms with E-state index in [0.29, 0.717) is 19.8 Å². The summed E-state index contributed by atoms with van der Waals surface area (Å²) in [6, 6.07) is 6.25. The summed E-state index contributed by atoms with van der Waals surface area (Å²) in [6.45, 7) is 15.4. The van der Waals surface area contributed by atoms with Gasteiger partial charge in [-0.05, 0) is 62.5 Å². The fourth-order valence-corrected chi connectivity index (χ4v) is 5.87. The minimum absolute atomic E-state index is 0.00742. The van der Waals surface area contributed by atoms with Crippen molar-refractivity contribution in [3.05, 3.63) is 30.6 Å². The molecule has 1 aliphatic rings. The summed E-state index contributed by atoms with van der Waals surface area (Å²) < 4.78 is 54.4. The second kappa shape index (κ2) is 13.6. The molecule has 0 amide bonds. The molecule has 0 saturated carbocycles. The van der Waals surface area contributed by atoms with E-state index < -0.39 is 18.4 Å². The maximum atomic E-state index is 11.0. The third-order valence-electron chi connectivity index (χ3n) is 7.87. The van der Waals surface area contributed by atoms with Crippen LogP contribution in [0.4, 0.5) is 0 Å². The van der Waals surface area contributed by atoms with Gasteiger partial charge in [-0.15, -0.1) is 0 Å². The molecule has 0 spiro atoms. The molecule has 0 aliphatic carbocycles. The molecule has 2 atom stereocenters. The first-order valence-corrected chi connectivity index (χ1v) is 19.3. The van der Waals surface area contributed by atoms with Crippen LogP contribution in [0.1, 0.15) is 59.2 Å². The van der Waals surface area contributed by atoms with Gasteiger partial charge in [0.1, 0.15) is 11.4 Å². The monoisotopic (exact) mass is 622 g/mol. The Bertz CT molecular complexity index is 1430. The van der Waals surface area contributed by atoms with Crippen molar-refractivity contribution in [1.82, 2.24) is 19.6 Å². The molecule has 1 saturated heterocycles. The summed E-state index contributed by atoms with van der Waals surface area (Å²) in [5, 5.41) is 10.8. The van der Waals surface area contributed by atoms with Crippen molar-refractivity contribution in [3.63, 3.8) is 0 Å². The quantitative estimate of drug-likeness (QED) is 0.130. The molecule has 3 heterocycles. The lowest BCUT2D eigenvalue weighted by Crippen LogP contribution is -2.43. The molecule has 234 valence electrons. The van der Waals surface area contributed by atoms with Crippen LogP contribution in [0.25, 0.3) is 22.2 Å². The van der Waals surface area contributed by atoms with E-state index in [1.165, 1.54) is 0 Å². The molecule has 0 bridgehead atoms. The molecule has 13 heteroatoms. The van der Waals surface area contributed by atoms with E-state index in [1.807, 2.05) is 28.7 Å². The first-order chi connectivity index (χ1) is 19.7. The average Bonchev–Trinajstić information content (AvgIpc) is 3.54. The normalized spacial score (nSPS) is 17.5. The predicted molar refractivity (Wildman–Crippen MR) is 165 cm³/mol. The summed E-state index contributed by atoms with van der Waals surface area (Å²) in [5.41, 5.74) is 2.79. The SMILES string of the molecule is C[C@H](COCCOCCOS(C)(=O)=O)n1cc(-c2nn(C3CCCCO3)c3ccc(O[Si](C)(C)C(C)(C)C)cc23)cn1. The van der Waals surface area contributed by atoms with E-state index >= 15 is 0 Å². The Kier molecular flexibility index (Phi) is 10.5. The van der Waals surface area contributed by atoms with Gasteiger partial charge in [-0.3, -0.25) is 8.86 Å². The molecule has 4 rings (SSSR count). The minimum atomic E-state index is -3.45. The summed E-state index contributed by atoms with van der Waals surface area (Å²) in [6.07, 6.45) is 7.88. The highest BCUT2D eigenvalue weighted by Gasteiger charge is 2.39. The topological polar surface area (TPSA) is 116 Å². The smallest absolute Gasteiger partial charge is 0.264 e. The molecule has 1 aliphatic heterocycles. The molecule has 1 fully saturated rings. The number of aromatic nitrogens is 4. The highest BCUT2D eigenvalue weighted by Crippen LogP contribution is 2.40. The maximum Gasteiger partial charge on any atom is 0.264 e. The molecule has 3 aromatic rings. The number of ether oxygens (including phenoxy) is 3. The zero-order valence-corrected chi connectivity index (χ0v) is 27.8. The molecule has 0 radical (unpaired) electrons. The summed E-state index contributed by atoms with van der Waals surface area (Å²) >= 11 is 0. The van der Waals surface area contributed by atoms with Crippen molar-refractivity contribution in [2.75, 3.05) is 45.9 Å². The molecule has 2 aromatic heterocycles. The van der Waals surface area contributed by atoms with Crippen molar-refractivity contribution >= 4 is 29.3 Å². The Morgan fingerprint density at radius 3 is 2.55 bits per heavy atom. The molecular formula is C29H46N4O7SSi. The third-order valence-corrected chi connectivity index (χ3v) is 12.8. The fourth-order valence-electron chi connectivity index (χ4n) is 4.48. The van der Waals surface area contributed by atoms with Crippen molar-refractivity contribution in [1.29, 1.82) is 0 Å². The number of rotatable bonds is 14. The van der Waals surface area contributed by atoms with Crippen molar-refractivity contribution in [2.24, 2.45) is 0 Å². The van der Waals surface area contributed by atoms with Gasteiger partial charge in [0.05, 0.1) is 57.0 Å². The van der Waals surface area contributed by atoms with Crippen LogP contribution in [0.2, 0.25) is 18.1 Å². The van der Waals surface area contributed by atoms with E-state index in [2.05, 4.69) is 61.3 Å². The van der Waals surface area contributed by atoms with Gasteiger partial charge in [0.15, 0.2) is 6.23 Å². The van der Waals surface area contributed by atoms with Crippen LogP contribution in [0, 0.1) is 0 Å². The summed E-state index contributed by atoms with van der Waals surface area (Å²) in [7, 11) is -5.47. The summed E-state index contributed by atoms with van der Waals surface area (Å²) in [4.78, 5) is 0. The van der Waals surface area contributed by atoms with E-state index in [-0.39, 0.29) is 30.5 Å². The Hall–Kier alpha value is -2.29. The van der Waals surface area contributed by atoms with Gasteiger partial charge < -0.3 is 18.6 Å². The Balaban J connectivity index is 1.47. The Labute approximate surface area is 250 Å². The first-order valence-electron chi connectivity index (χ1n) is 14.6. The second-order valence-electron chi connectivity index (χ2n) is 12.4. The van der Waals surface area contributed by atoms with Gasteiger partial charge in [-0.1, -0.05) is 20.8 Å². The first kappa shape index (κ1) is 32.6. The van der Waals surface area contributed by atoms with Crippen molar-refractivity contribution in [2.45, 2.75) is 77.4 Å². The van der Waals surface area contributed by atoms with E-state index in [0.717, 1.165) is 60.0 Å². The number of nitrogens with zero attached hydrogens (tertiary/aromatic N) is 4. The maximum absolute atomic E-state index is 11.0. The second-order valence-corrected chi connectivity index (χ2v) is 18.8. The molecule has 42 heavy (non-hydrogen) atoms. The predicted octanol–water partition coefficient (Wildman–Crippen LogP) is 5.55. The Morgan fingerprint density at radius 1 is 1.12 bits per heavy atom. The fraction of sp³-hybridized carbons (Fsp3) is 0.655. The zero-order valence-electron chi connectivity index (χ0n) is 26.0. The van der Waals surface area contributed by atoms with Crippen LogP contribution in [-0.4, -0.2) is 82.2 Å². The van der Waals surface area contributed by atoms with Gasteiger partial charge in [0, 0.05) is 23.8 Å². The van der Waals surface area contributed by atoms with Crippen LogP contribution in [0.15, 0.2) is 30.6 Å². The van der Waals surface area contributed by atoms with Crippen LogP contribution in [0.3, 0.4) is 0 Å². The van der Waals surface area contributed by atoms with Crippen LogP contribution >= 0.6 is 0 Å². The van der Waals surface area contributed by atoms with Crippen molar-refractivity contribution < 1.29 is 31.2 Å². The van der Waals surface area contributed by atoms with Gasteiger partial charge in [-0.25, -0.2) is 4.68 Å². The lowest BCUT2D eigenvalue weighted by atomic mass is 10.1. The highest BCUT2D eigenvalue weighted by molar-refractivity contribution is 7.85. The largest absolute Gasteiger partial charge is 0.543 e. The molecule has 11 nitrogen and oxygen atoms in total. The molecule has 0 N–H and O–H groups in total.